The van der Waals surface area contributed by atoms with Crippen molar-refractivity contribution < 1.29 is 23.7 Å². The van der Waals surface area contributed by atoms with E-state index in [0.29, 0.717) is 23.7 Å². The number of carbonyl (C=O) groups is 1. The van der Waals surface area contributed by atoms with Crippen molar-refractivity contribution in [1.82, 2.24) is 0 Å². The first-order chi connectivity index (χ1) is 11.7. The third-order valence-corrected chi connectivity index (χ3v) is 3.12. The summed E-state index contributed by atoms with van der Waals surface area (Å²) in [6.45, 7) is 3.03. The van der Waals surface area contributed by atoms with Crippen LogP contribution in [-0.4, -0.2) is 40.0 Å². The minimum absolute atomic E-state index is 0.0872. The molecule has 0 unspecified atom stereocenters. The van der Waals surface area contributed by atoms with E-state index in [1.54, 1.807) is 25.3 Å². The fraction of sp³-hybridized carbons (Fsp3) is 0.444. The number of nitriles is 1. The van der Waals surface area contributed by atoms with E-state index in [2.05, 4.69) is 6.92 Å². The predicted molar refractivity (Wildman–Crippen MR) is 89.8 cm³/mol. The molecule has 0 bridgehead atoms. The molecule has 0 amide bonds. The summed E-state index contributed by atoms with van der Waals surface area (Å²) >= 11 is 0. The molecule has 1 aromatic carbocycles. The lowest BCUT2D eigenvalue weighted by Gasteiger charge is -2.11. The van der Waals surface area contributed by atoms with Crippen molar-refractivity contribution in [1.29, 1.82) is 5.26 Å². The van der Waals surface area contributed by atoms with Gasteiger partial charge in [-0.2, -0.15) is 5.26 Å². The van der Waals surface area contributed by atoms with Crippen LogP contribution in [0.5, 0.6) is 11.5 Å². The zero-order valence-corrected chi connectivity index (χ0v) is 14.3. The van der Waals surface area contributed by atoms with Crippen LogP contribution in [0.3, 0.4) is 0 Å². The van der Waals surface area contributed by atoms with Gasteiger partial charge in [0.2, 0.25) is 0 Å². The van der Waals surface area contributed by atoms with Crippen LogP contribution in [0.2, 0.25) is 0 Å². The van der Waals surface area contributed by atoms with E-state index in [4.69, 9.17) is 24.2 Å². The summed E-state index contributed by atoms with van der Waals surface area (Å²) < 4.78 is 20.7. The Kier molecular flexibility index (Phi) is 9.02. The van der Waals surface area contributed by atoms with Crippen molar-refractivity contribution in [2.45, 2.75) is 19.8 Å². The molecule has 0 aliphatic carbocycles. The zero-order valence-electron chi connectivity index (χ0n) is 14.3. The van der Waals surface area contributed by atoms with Gasteiger partial charge in [-0.15, -0.1) is 0 Å². The molecule has 1 aromatic rings. The molecule has 0 N–H and O–H groups in total. The fourth-order valence-electron chi connectivity index (χ4n) is 1.82. The monoisotopic (exact) mass is 333 g/mol. The van der Waals surface area contributed by atoms with Gasteiger partial charge < -0.3 is 18.9 Å². The Bertz CT molecular complexity index is 604. The Labute approximate surface area is 142 Å². The van der Waals surface area contributed by atoms with Crippen LogP contribution in [0.1, 0.15) is 25.3 Å². The number of nitrogens with zero attached hydrogens (tertiary/aromatic N) is 1. The molecule has 0 spiro atoms. The van der Waals surface area contributed by atoms with Crippen LogP contribution >= 0.6 is 0 Å². The van der Waals surface area contributed by atoms with Crippen molar-refractivity contribution in [3.05, 3.63) is 29.3 Å². The number of hydrogen-bond donors (Lipinski definition) is 0. The molecule has 0 atom stereocenters. The maximum Gasteiger partial charge on any atom is 0.348 e. The lowest BCUT2D eigenvalue weighted by Crippen LogP contribution is -2.11. The summed E-state index contributed by atoms with van der Waals surface area (Å²) in [6, 6.07) is 7.06. The average molecular weight is 333 g/mol. The highest BCUT2D eigenvalue weighted by Crippen LogP contribution is 2.29. The SMILES string of the molecule is CCCCOc1cc(/C=C(\C#N)C(=O)OCCOC)ccc1OC. The topological polar surface area (TPSA) is 77.8 Å². The molecular formula is C18H23NO5. The number of rotatable bonds is 10. The molecular weight excluding hydrogens is 310 g/mol. The molecule has 0 aliphatic rings. The van der Waals surface area contributed by atoms with Crippen molar-refractivity contribution in [2.24, 2.45) is 0 Å². The van der Waals surface area contributed by atoms with E-state index >= 15 is 0 Å². The predicted octanol–water partition coefficient (Wildman–Crippen LogP) is 2.97. The second-order valence-corrected chi connectivity index (χ2v) is 4.91. The van der Waals surface area contributed by atoms with Gasteiger partial charge in [-0.25, -0.2) is 4.79 Å². The molecule has 0 aromatic heterocycles. The van der Waals surface area contributed by atoms with E-state index in [0.717, 1.165) is 12.8 Å². The van der Waals surface area contributed by atoms with E-state index in [-0.39, 0.29) is 18.8 Å². The van der Waals surface area contributed by atoms with E-state index in [1.807, 2.05) is 6.07 Å². The third kappa shape index (κ3) is 6.31. The van der Waals surface area contributed by atoms with Gasteiger partial charge in [0.05, 0.1) is 20.3 Å². The van der Waals surface area contributed by atoms with Gasteiger partial charge in [0.15, 0.2) is 11.5 Å². The second kappa shape index (κ2) is 11.1. The van der Waals surface area contributed by atoms with E-state index < -0.39 is 5.97 Å². The summed E-state index contributed by atoms with van der Waals surface area (Å²) in [7, 11) is 3.07. The van der Waals surface area contributed by atoms with Crippen molar-refractivity contribution >= 4 is 12.0 Å². The summed E-state index contributed by atoms with van der Waals surface area (Å²) in [6.07, 6.45) is 3.41. The highest BCUT2D eigenvalue weighted by atomic mass is 16.6. The number of carbonyl (C=O) groups excluding carboxylic acids is 1. The van der Waals surface area contributed by atoms with Crippen LogP contribution in [0.25, 0.3) is 6.08 Å². The molecule has 6 nitrogen and oxygen atoms in total. The Hall–Kier alpha value is -2.52. The molecule has 6 heteroatoms. The van der Waals surface area contributed by atoms with E-state index in [9.17, 15) is 4.79 Å². The zero-order chi connectivity index (χ0) is 17.8. The Morgan fingerprint density at radius 2 is 2.00 bits per heavy atom. The molecule has 24 heavy (non-hydrogen) atoms. The van der Waals surface area contributed by atoms with Gasteiger partial charge in [-0.3, -0.25) is 0 Å². The van der Waals surface area contributed by atoms with Crippen LogP contribution in [0, 0.1) is 11.3 Å². The molecule has 1 rings (SSSR count). The van der Waals surface area contributed by atoms with Gasteiger partial charge in [0.1, 0.15) is 18.2 Å². The number of unbranched alkanes of at least 4 members (excludes halogenated alkanes) is 1. The van der Waals surface area contributed by atoms with Crippen LogP contribution in [-0.2, 0) is 14.3 Å². The minimum Gasteiger partial charge on any atom is -0.493 e. The maximum atomic E-state index is 11.8. The number of benzene rings is 1. The van der Waals surface area contributed by atoms with Crippen LogP contribution in [0.4, 0.5) is 0 Å². The van der Waals surface area contributed by atoms with Gasteiger partial charge in [-0.05, 0) is 30.2 Å². The summed E-state index contributed by atoms with van der Waals surface area (Å²) in [4.78, 5) is 11.8. The highest BCUT2D eigenvalue weighted by Gasteiger charge is 2.12. The first kappa shape index (κ1) is 19.5. The largest absolute Gasteiger partial charge is 0.493 e. The van der Waals surface area contributed by atoms with Gasteiger partial charge in [0, 0.05) is 7.11 Å². The van der Waals surface area contributed by atoms with Gasteiger partial charge in [-0.1, -0.05) is 19.4 Å². The van der Waals surface area contributed by atoms with Crippen LogP contribution < -0.4 is 9.47 Å². The molecule has 130 valence electrons. The normalized spacial score (nSPS) is 10.8. The molecule has 0 aliphatic heterocycles. The second-order valence-electron chi connectivity index (χ2n) is 4.91. The number of hydrogen-bond acceptors (Lipinski definition) is 6. The summed E-state index contributed by atoms with van der Waals surface area (Å²) in [5.74, 6) is 0.494. The van der Waals surface area contributed by atoms with Crippen molar-refractivity contribution in [2.75, 3.05) is 34.0 Å². The number of ether oxygens (including phenoxy) is 4. The fourth-order valence-corrected chi connectivity index (χ4v) is 1.82. The summed E-state index contributed by atoms with van der Waals surface area (Å²) in [5, 5.41) is 9.15. The Morgan fingerprint density at radius 3 is 2.62 bits per heavy atom. The molecule has 0 saturated heterocycles. The van der Waals surface area contributed by atoms with Gasteiger partial charge in [0.25, 0.3) is 0 Å². The molecule has 0 fully saturated rings. The Morgan fingerprint density at radius 1 is 1.21 bits per heavy atom. The average Bonchev–Trinajstić information content (AvgIpc) is 2.60. The highest BCUT2D eigenvalue weighted by molar-refractivity contribution is 5.97. The molecule has 0 heterocycles. The molecule has 0 radical (unpaired) electrons. The number of methoxy groups -OCH3 is 2. The number of esters is 1. The standard InChI is InChI=1S/C18H23NO5/c1-4-5-8-23-17-12-14(6-7-16(17)22-3)11-15(13-19)18(20)24-10-9-21-2/h6-7,11-12H,4-5,8-10H2,1-3H3/b15-11+. The van der Waals surface area contributed by atoms with Crippen molar-refractivity contribution in [3.8, 4) is 17.6 Å². The smallest absolute Gasteiger partial charge is 0.348 e. The molecule has 0 saturated carbocycles. The maximum absolute atomic E-state index is 11.8. The first-order valence-electron chi connectivity index (χ1n) is 7.75. The third-order valence-electron chi connectivity index (χ3n) is 3.12. The van der Waals surface area contributed by atoms with Crippen molar-refractivity contribution in [3.63, 3.8) is 0 Å². The lowest BCUT2D eigenvalue weighted by molar-refractivity contribution is -0.139. The minimum atomic E-state index is -0.682. The lowest BCUT2D eigenvalue weighted by atomic mass is 10.1. The van der Waals surface area contributed by atoms with Gasteiger partial charge >= 0.3 is 5.97 Å². The van der Waals surface area contributed by atoms with Crippen LogP contribution in [0.15, 0.2) is 23.8 Å². The quantitative estimate of drug-likeness (QED) is 0.283. The summed E-state index contributed by atoms with van der Waals surface area (Å²) in [5.41, 5.74) is 0.568. The first-order valence-corrected chi connectivity index (χ1v) is 7.75. The Balaban J connectivity index is 2.92. The van der Waals surface area contributed by atoms with E-state index in [1.165, 1.54) is 13.2 Å².